The van der Waals surface area contributed by atoms with Gasteiger partial charge in [0.15, 0.2) is 0 Å². The molecule has 1 atom stereocenters. The minimum absolute atomic E-state index is 0.144. The molecule has 0 bridgehead atoms. The SMILES string of the molecule is CCOc1ccc(N([C@H](C)C(=O)NCCCOC(C)C)S(C)(=O)=O)cc1. The van der Waals surface area contributed by atoms with Gasteiger partial charge in [0.1, 0.15) is 11.8 Å². The Morgan fingerprint density at radius 3 is 2.31 bits per heavy atom. The lowest BCUT2D eigenvalue weighted by atomic mass is 10.2. The van der Waals surface area contributed by atoms with Crippen LogP contribution in [0.3, 0.4) is 0 Å². The molecule has 0 radical (unpaired) electrons. The van der Waals surface area contributed by atoms with E-state index in [1.165, 1.54) is 0 Å². The van der Waals surface area contributed by atoms with E-state index in [0.29, 0.717) is 37.6 Å². The molecule has 0 unspecified atom stereocenters. The van der Waals surface area contributed by atoms with Crippen molar-refractivity contribution < 1.29 is 22.7 Å². The maximum Gasteiger partial charge on any atom is 0.243 e. The number of amides is 1. The van der Waals surface area contributed by atoms with E-state index in [1.54, 1.807) is 31.2 Å². The van der Waals surface area contributed by atoms with Crippen LogP contribution in [0.5, 0.6) is 5.75 Å². The average Bonchev–Trinajstić information content (AvgIpc) is 2.54. The summed E-state index contributed by atoms with van der Waals surface area (Å²) in [5.74, 6) is 0.292. The van der Waals surface area contributed by atoms with Crippen molar-refractivity contribution >= 4 is 21.6 Å². The highest BCUT2D eigenvalue weighted by molar-refractivity contribution is 7.92. The smallest absolute Gasteiger partial charge is 0.243 e. The third-order valence-electron chi connectivity index (χ3n) is 3.56. The van der Waals surface area contributed by atoms with Crippen molar-refractivity contribution in [3.63, 3.8) is 0 Å². The maximum absolute atomic E-state index is 12.4. The Morgan fingerprint density at radius 2 is 1.81 bits per heavy atom. The molecule has 0 saturated carbocycles. The van der Waals surface area contributed by atoms with Gasteiger partial charge < -0.3 is 14.8 Å². The van der Waals surface area contributed by atoms with Crippen molar-refractivity contribution in [1.82, 2.24) is 5.32 Å². The molecule has 1 rings (SSSR count). The second-order valence-electron chi connectivity index (χ2n) is 6.23. The number of nitrogens with one attached hydrogen (secondary N) is 1. The zero-order chi connectivity index (χ0) is 19.7. The van der Waals surface area contributed by atoms with Crippen LogP contribution in [0.25, 0.3) is 0 Å². The lowest BCUT2D eigenvalue weighted by Gasteiger charge is -2.28. The van der Waals surface area contributed by atoms with Gasteiger partial charge in [-0.05, 0) is 58.4 Å². The highest BCUT2D eigenvalue weighted by Gasteiger charge is 2.28. The van der Waals surface area contributed by atoms with E-state index >= 15 is 0 Å². The first-order valence-corrected chi connectivity index (χ1v) is 10.6. The van der Waals surface area contributed by atoms with E-state index in [-0.39, 0.29) is 12.0 Å². The predicted octanol–water partition coefficient (Wildman–Crippen LogP) is 2.17. The first kappa shape index (κ1) is 22.2. The molecule has 0 aromatic heterocycles. The van der Waals surface area contributed by atoms with Gasteiger partial charge in [-0.3, -0.25) is 9.10 Å². The highest BCUT2D eigenvalue weighted by atomic mass is 32.2. The number of carbonyl (C=O) groups excluding carboxylic acids is 1. The maximum atomic E-state index is 12.4. The standard InChI is InChI=1S/C18H30N2O5S/c1-6-24-17-10-8-16(9-11-17)20(26(5,22)23)15(4)18(21)19-12-7-13-25-14(2)3/h8-11,14-15H,6-7,12-13H2,1-5H3,(H,19,21)/t15-/m1/s1. The van der Waals surface area contributed by atoms with Gasteiger partial charge in [0.05, 0.1) is 24.7 Å². The fourth-order valence-corrected chi connectivity index (χ4v) is 3.59. The van der Waals surface area contributed by atoms with Crippen LogP contribution in [0.2, 0.25) is 0 Å². The first-order valence-electron chi connectivity index (χ1n) is 8.78. The molecule has 0 aliphatic carbocycles. The number of nitrogens with zero attached hydrogens (tertiary/aromatic N) is 1. The quantitative estimate of drug-likeness (QED) is 0.589. The van der Waals surface area contributed by atoms with Gasteiger partial charge in [0, 0.05) is 13.2 Å². The normalized spacial score (nSPS) is 12.7. The molecular formula is C18H30N2O5S. The zero-order valence-corrected chi connectivity index (χ0v) is 17.0. The molecule has 1 N–H and O–H groups in total. The summed E-state index contributed by atoms with van der Waals surface area (Å²) in [6, 6.07) is 5.77. The second kappa shape index (κ2) is 10.4. The summed E-state index contributed by atoms with van der Waals surface area (Å²) in [6.07, 6.45) is 1.90. The third kappa shape index (κ3) is 7.21. The van der Waals surface area contributed by atoms with Gasteiger partial charge in [-0.15, -0.1) is 0 Å². The van der Waals surface area contributed by atoms with Gasteiger partial charge in [-0.1, -0.05) is 0 Å². The van der Waals surface area contributed by atoms with Crippen molar-refractivity contribution in [3.8, 4) is 5.75 Å². The van der Waals surface area contributed by atoms with E-state index in [4.69, 9.17) is 9.47 Å². The van der Waals surface area contributed by atoms with Crippen LogP contribution in [-0.2, 0) is 19.6 Å². The molecule has 0 aliphatic heterocycles. The molecular weight excluding hydrogens is 356 g/mol. The van der Waals surface area contributed by atoms with Crippen LogP contribution in [0, 0.1) is 0 Å². The van der Waals surface area contributed by atoms with Gasteiger partial charge in [0.2, 0.25) is 15.9 Å². The minimum Gasteiger partial charge on any atom is -0.494 e. The predicted molar refractivity (Wildman–Crippen MR) is 103 cm³/mol. The zero-order valence-electron chi connectivity index (χ0n) is 16.2. The molecule has 1 aromatic carbocycles. The summed E-state index contributed by atoms with van der Waals surface area (Å²) in [4.78, 5) is 12.4. The van der Waals surface area contributed by atoms with Crippen molar-refractivity contribution in [2.45, 2.75) is 46.3 Å². The Morgan fingerprint density at radius 1 is 1.19 bits per heavy atom. The molecule has 0 heterocycles. The Kier molecular flexibility index (Phi) is 8.87. The average molecular weight is 387 g/mol. The third-order valence-corrected chi connectivity index (χ3v) is 4.80. The Bertz CT molecular complexity index is 659. The number of ether oxygens (including phenoxy) is 2. The molecule has 0 fully saturated rings. The summed E-state index contributed by atoms with van der Waals surface area (Å²) < 4.78 is 36.4. The van der Waals surface area contributed by atoms with Crippen LogP contribution in [-0.4, -0.2) is 52.5 Å². The van der Waals surface area contributed by atoms with Crippen molar-refractivity contribution in [2.24, 2.45) is 0 Å². The molecule has 7 nitrogen and oxygen atoms in total. The Balaban J connectivity index is 2.77. The monoisotopic (exact) mass is 386 g/mol. The van der Waals surface area contributed by atoms with Gasteiger partial charge in [-0.25, -0.2) is 8.42 Å². The number of hydrogen-bond acceptors (Lipinski definition) is 5. The molecule has 0 spiro atoms. The molecule has 0 saturated heterocycles. The molecule has 1 amide bonds. The summed E-state index contributed by atoms with van der Waals surface area (Å²) in [5, 5.41) is 2.76. The van der Waals surface area contributed by atoms with E-state index in [0.717, 1.165) is 10.6 Å². The largest absolute Gasteiger partial charge is 0.494 e. The van der Waals surface area contributed by atoms with Crippen molar-refractivity contribution in [1.29, 1.82) is 0 Å². The number of rotatable bonds is 11. The summed E-state index contributed by atoms with van der Waals surface area (Å²) >= 11 is 0. The molecule has 8 heteroatoms. The second-order valence-corrected chi connectivity index (χ2v) is 8.09. The highest BCUT2D eigenvalue weighted by Crippen LogP contribution is 2.24. The fraction of sp³-hybridized carbons (Fsp3) is 0.611. The van der Waals surface area contributed by atoms with E-state index < -0.39 is 16.1 Å². The van der Waals surface area contributed by atoms with Crippen LogP contribution >= 0.6 is 0 Å². The Hall–Kier alpha value is -1.80. The van der Waals surface area contributed by atoms with Gasteiger partial charge in [0.25, 0.3) is 0 Å². The fourth-order valence-electron chi connectivity index (χ4n) is 2.42. The Labute approximate surface area is 156 Å². The lowest BCUT2D eigenvalue weighted by Crippen LogP contribution is -2.48. The van der Waals surface area contributed by atoms with Crippen molar-refractivity contribution in [3.05, 3.63) is 24.3 Å². The lowest BCUT2D eigenvalue weighted by molar-refractivity contribution is -0.121. The number of benzene rings is 1. The molecule has 1 aromatic rings. The first-order chi connectivity index (χ1) is 12.2. The summed E-state index contributed by atoms with van der Waals surface area (Å²) in [6.45, 7) is 8.82. The molecule has 0 aliphatic rings. The number of anilines is 1. The minimum atomic E-state index is -3.63. The molecule has 26 heavy (non-hydrogen) atoms. The number of carbonyl (C=O) groups is 1. The number of hydrogen-bond donors (Lipinski definition) is 1. The summed E-state index contributed by atoms with van der Waals surface area (Å²) in [5.41, 5.74) is 0.418. The van der Waals surface area contributed by atoms with Crippen LogP contribution in [0.15, 0.2) is 24.3 Å². The van der Waals surface area contributed by atoms with Crippen LogP contribution in [0.1, 0.15) is 34.1 Å². The van der Waals surface area contributed by atoms with E-state index in [2.05, 4.69) is 5.32 Å². The van der Waals surface area contributed by atoms with Gasteiger partial charge >= 0.3 is 0 Å². The van der Waals surface area contributed by atoms with Crippen LogP contribution in [0.4, 0.5) is 5.69 Å². The van der Waals surface area contributed by atoms with Crippen molar-refractivity contribution in [2.75, 3.05) is 30.3 Å². The van der Waals surface area contributed by atoms with E-state index in [9.17, 15) is 13.2 Å². The van der Waals surface area contributed by atoms with E-state index in [1.807, 2.05) is 20.8 Å². The summed E-state index contributed by atoms with van der Waals surface area (Å²) in [7, 11) is -3.63. The van der Waals surface area contributed by atoms with Crippen LogP contribution < -0.4 is 14.4 Å². The number of sulfonamides is 1. The topological polar surface area (TPSA) is 84.9 Å². The molecule has 148 valence electrons. The van der Waals surface area contributed by atoms with Gasteiger partial charge in [-0.2, -0.15) is 0 Å².